The Balaban J connectivity index is 2.01. The molecule has 18 heavy (non-hydrogen) atoms. The fourth-order valence-corrected chi connectivity index (χ4v) is 1.66. The van der Waals surface area contributed by atoms with E-state index in [2.05, 4.69) is 5.10 Å². The molecular formula is C13H17N3O2. The van der Waals surface area contributed by atoms with Crippen LogP contribution in [0.3, 0.4) is 0 Å². The summed E-state index contributed by atoms with van der Waals surface area (Å²) in [5, 5.41) is 4.32. The minimum Gasteiger partial charge on any atom is -0.497 e. The van der Waals surface area contributed by atoms with Crippen molar-refractivity contribution in [3.63, 3.8) is 0 Å². The molecule has 96 valence electrons. The van der Waals surface area contributed by atoms with Crippen molar-refractivity contribution in [3.05, 3.63) is 36.0 Å². The molecule has 0 unspecified atom stereocenters. The first-order chi connectivity index (χ1) is 8.72. The summed E-state index contributed by atoms with van der Waals surface area (Å²) in [5.41, 5.74) is 6.61. The van der Waals surface area contributed by atoms with Gasteiger partial charge in [-0.15, -0.1) is 0 Å². The Morgan fingerprint density at radius 3 is 2.72 bits per heavy atom. The van der Waals surface area contributed by atoms with Gasteiger partial charge >= 0.3 is 0 Å². The van der Waals surface area contributed by atoms with Crippen molar-refractivity contribution in [1.29, 1.82) is 0 Å². The van der Waals surface area contributed by atoms with Crippen LogP contribution in [-0.2, 0) is 13.2 Å². The number of benzene rings is 1. The van der Waals surface area contributed by atoms with Crippen LogP contribution in [0.4, 0.5) is 5.82 Å². The van der Waals surface area contributed by atoms with Crippen LogP contribution in [0.25, 0.3) is 0 Å². The SMILES string of the molecule is CCn1nc(COc2cccc(OC)c2)cc1N. The molecule has 0 aliphatic rings. The topological polar surface area (TPSA) is 62.3 Å². The van der Waals surface area contributed by atoms with E-state index in [4.69, 9.17) is 15.2 Å². The molecule has 5 nitrogen and oxygen atoms in total. The lowest BCUT2D eigenvalue weighted by Gasteiger charge is -2.05. The van der Waals surface area contributed by atoms with Gasteiger partial charge in [-0.25, -0.2) is 0 Å². The lowest BCUT2D eigenvalue weighted by molar-refractivity contribution is 0.297. The van der Waals surface area contributed by atoms with Gasteiger partial charge in [0.25, 0.3) is 0 Å². The molecule has 0 aliphatic carbocycles. The van der Waals surface area contributed by atoms with Crippen molar-refractivity contribution >= 4 is 5.82 Å². The van der Waals surface area contributed by atoms with Gasteiger partial charge < -0.3 is 15.2 Å². The number of hydrogen-bond donors (Lipinski definition) is 1. The lowest BCUT2D eigenvalue weighted by atomic mass is 10.3. The van der Waals surface area contributed by atoms with Gasteiger partial charge in [-0.2, -0.15) is 5.10 Å². The Labute approximate surface area is 106 Å². The van der Waals surface area contributed by atoms with Crippen molar-refractivity contribution in [2.24, 2.45) is 0 Å². The molecule has 0 atom stereocenters. The van der Waals surface area contributed by atoms with E-state index in [1.807, 2.05) is 37.3 Å². The third-order valence-electron chi connectivity index (χ3n) is 2.59. The molecule has 0 saturated carbocycles. The maximum atomic E-state index is 5.79. The van der Waals surface area contributed by atoms with Crippen molar-refractivity contribution < 1.29 is 9.47 Å². The number of nitrogens with zero attached hydrogens (tertiary/aromatic N) is 2. The molecule has 0 aliphatic heterocycles. The van der Waals surface area contributed by atoms with Gasteiger partial charge in [-0.05, 0) is 19.1 Å². The highest BCUT2D eigenvalue weighted by molar-refractivity contribution is 5.34. The highest BCUT2D eigenvalue weighted by atomic mass is 16.5. The van der Waals surface area contributed by atoms with Gasteiger partial charge in [0.15, 0.2) is 0 Å². The fraction of sp³-hybridized carbons (Fsp3) is 0.308. The van der Waals surface area contributed by atoms with E-state index >= 15 is 0 Å². The number of aromatic nitrogens is 2. The number of nitrogens with two attached hydrogens (primary N) is 1. The first-order valence-corrected chi connectivity index (χ1v) is 5.82. The third kappa shape index (κ3) is 2.74. The Kier molecular flexibility index (Phi) is 3.72. The summed E-state index contributed by atoms with van der Waals surface area (Å²) in [5.74, 6) is 2.17. The highest BCUT2D eigenvalue weighted by Crippen LogP contribution is 2.20. The second kappa shape index (κ2) is 5.44. The molecule has 1 aromatic heterocycles. The Bertz CT molecular complexity index is 523. The summed E-state index contributed by atoms with van der Waals surface area (Å²) in [6, 6.07) is 9.29. The maximum absolute atomic E-state index is 5.79. The minimum absolute atomic E-state index is 0.393. The van der Waals surface area contributed by atoms with E-state index in [0.29, 0.717) is 12.4 Å². The zero-order chi connectivity index (χ0) is 13.0. The number of nitrogen functional groups attached to an aromatic ring is 1. The summed E-state index contributed by atoms with van der Waals surface area (Å²) in [6.45, 7) is 3.14. The van der Waals surface area contributed by atoms with E-state index < -0.39 is 0 Å². The molecule has 2 rings (SSSR count). The average Bonchev–Trinajstić information content (AvgIpc) is 2.77. The molecule has 0 fully saturated rings. The predicted molar refractivity (Wildman–Crippen MR) is 69.6 cm³/mol. The first kappa shape index (κ1) is 12.3. The van der Waals surface area contributed by atoms with Gasteiger partial charge in [0.1, 0.15) is 29.6 Å². The Hall–Kier alpha value is -2.17. The molecule has 1 heterocycles. The minimum atomic E-state index is 0.393. The number of anilines is 1. The Morgan fingerprint density at radius 1 is 1.28 bits per heavy atom. The second-order valence-corrected chi connectivity index (χ2v) is 3.84. The molecular weight excluding hydrogens is 230 g/mol. The van der Waals surface area contributed by atoms with Crippen LogP contribution in [0.2, 0.25) is 0 Å². The van der Waals surface area contributed by atoms with Crippen molar-refractivity contribution in [2.75, 3.05) is 12.8 Å². The molecule has 0 saturated heterocycles. The standard InChI is InChI=1S/C13H17N3O2/c1-3-16-13(14)7-10(15-16)9-18-12-6-4-5-11(8-12)17-2/h4-8H,3,9,14H2,1-2H3. The fourth-order valence-electron chi connectivity index (χ4n) is 1.66. The van der Waals surface area contributed by atoms with Crippen LogP contribution in [0.5, 0.6) is 11.5 Å². The zero-order valence-electron chi connectivity index (χ0n) is 10.6. The van der Waals surface area contributed by atoms with E-state index in [9.17, 15) is 0 Å². The molecule has 0 radical (unpaired) electrons. The van der Waals surface area contributed by atoms with E-state index in [-0.39, 0.29) is 0 Å². The molecule has 0 bridgehead atoms. The summed E-state index contributed by atoms with van der Waals surface area (Å²) in [4.78, 5) is 0. The monoisotopic (exact) mass is 247 g/mol. The lowest BCUT2D eigenvalue weighted by Crippen LogP contribution is -2.02. The number of rotatable bonds is 5. The van der Waals surface area contributed by atoms with E-state index in [1.165, 1.54) is 0 Å². The van der Waals surface area contributed by atoms with Crippen LogP contribution < -0.4 is 15.2 Å². The van der Waals surface area contributed by atoms with Crippen LogP contribution >= 0.6 is 0 Å². The maximum Gasteiger partial charge on any atom is 0.132 e. The number of ether oxygens (including phenoxy) is 2. The predicted octanol–water partition coefficient (Wildman–Crippen LogP) is 2.07. The largest absolute Gasteiger partial charge is 0.497 e. The highest BCUT2D eigenvalue weighted by Gasteiger charge is 2.04. The third-order valence-corrected chi connectivity index (χ3v) is 2.59. The quantitative estimate of drug-likeness (QED) is 0.878. The number of aryl methyl sites for hydroxylation is 1. The zero-order valence-corrected chi connectivity index (χ0v) is 10.6. The van der Waals surface area contributed by atoms with Crippen molar-refractivity contribution in [2.45, 2.75) is 20.1 Å². The normalized spacial score (nSPS) is 10.3. The van der Waals surface area contributed by atoms with Crippen LogP contribution in [0.15, 0.2) is 30.3 Å². The second-order valence-electron chi connectivity index (χ2n) is 3.84. The molecule has 0 spiro atoms. The Morgan fingerprint density at radius 2 is 2.06 bits per heavy atom. The number of hydrogen-bond acceptors (Lipinski definition) is 4. The van der Waals surface area contributed by atoms with Gasteiger partial charge in [0.05, 0.1) is 7.11 Å². The summed E-state index contributed by atoms with van der Waals surface area (Å²) in [7, 11) is 1.63. The molecule has 1 aromatic carbocycles. The van der Waals surface area contributed by atoms with Crippen LogP contribution in [-0.4, -0.2) is 16.9 Å². The van der Waals surface area contributed by atoms with Crippen molar-refractivity contribution in [3.8, 4) is 11.5 Å². The van der Waals surface area contributed by atoms with E-state index in [0.717, 1.165) is 23.7 Å². The molecule has 2 N–H and O–H groups in total. The van der Waals surface area contributed by atoms with Gasteiger partial charge in [0, 0.05) is 18.7 Å². The van der Waals surface area contributed by atoms with Gasteiger partial charge in [-0.1, -0.05) is 6.07 Å². The molecule has 2 aromatic rings. The number of methoxy groups -OCH3 is 1. The smallest absolute Gasteiger partial charge is 0.132 e. The first-order valence-electron chi connectivity index (χ1n) is 5.82. The van der Waals surface area contributed by atoms with Gasteiger partial charge in [-0.3, -0.25) is 4.68 Å². The summed E-state index contributed by atoms with van der Waals surface area (Å²) in [6.07, 6.45) is 0. The summed E-state index contributed by atoms with van der Waals surface area (Å²) >= 11 is 0. The van der Waals surface area contributed by atoms with Gasteiger partial charge in [0.2, 0.25) is 0 Å². The molecule has 5 heteroatoms. The van der Waals surface area contributed by atoms with Crippen LogP contribution in [0.1, 0.15) is 12.6 Å². The molecule has 0 amide bonds. The average molecular weight is 247 g/mol. The van der Waals surface area contributed by atoms with Crippen LogP contribution in [0, 0.1) is 0 Å². The van der Waals surface area contributed by atoms with E-state index in [1.54, 1.807) is 11.8 Å². The van der Waals surface area contributed by atoms with Crippen molar-refractivity contribution in [1.82, 2.24) is 9.78 Å². The summed E-state index contributed by atoms with van der Waals surface area (Å²) < 4.78 is 12.5.